The molecule has 0 saturated carbocycles. The molecular formula is C14H14Cl2N2O. The molecule has 3 nitrogen and oxygen atoms in total. The molecule has 0 spiro atoms. The molecule has 100 valence electrons. The molecule has 1 aromatic heterocycles. The van der Waals surface area contributed by atoms with E-state index in [4.69, 9.17) is 23.2 Å². The lowest BCUT2D eigenvalue weighted by molar-refractivity contribution is 0.0991. The number of halogens is 2. The summed E-state index contributed by atoms with van der Waals surface area (Å²) in [6, 6.07) is 5.31. The number of nitrogens with zero attached hydrogens (tertiary/aromatic N) is 2. The maximum Gasteiger partial charge on any atom is 0.170 e. The minimum atomic E-state index is 0.00673. The van der Waals surface area contributed by atoms with Crippen LogP contribution in [0.15, 0.2) is 18.2 Å². The average molecular weight is 297 g/mol. The molecule has 2 rings (SSSR count). The summed E-state index contributed by atoms with van der Waals surface area (Å²) < 4.78 is 1.71. The first-order valence-electron chi connectivity index (χ1n) is 5.88. The number of aryl methyl sites for hydroxylation is 2. The molecule has 0 aliphatic rings. The Labute approximate surface area is 122 Å². The maximum atomic E-state index is 12.4. The van der Waals surface area contributed by atoms with Crippen LogP contribution in [0.25, 0.3) is 0 Å². The molecular weight excluding hydrogens is 283 g/mol. The van der Waals surface area contributed by atoms with Gasteiger partial charge >= 0.3 is 0 Å². The number of aromatic nitrogens is 2. The van der Waals surface area contributed by atoms with E-state index in [0.717, 1.165) is 17.0 Å². The highest BCUT2D eigenvalue weighted by molar-refractivity contribution is 6.42. The number of benzene rings is 1. The Morgan fingerprint density at radius 1 is 1.32 bits per heavy atom. The minimum Gasteiger partial charge on any atom is -0.294 e. The summed E-state index contributed by atoms with van der Waals surface area (Å²) in [5.74, 6) is 0.00673. The van der Waals surface area contributed by atoms with Crippen molar-refractivity contribution in [1.29, 1.82) is 0 Å². The van der Waals surface area contributed by atoms with Crippen molar-refractivity contribution in [3.05, 3.63) is 50.8 Å². The van der Waals surface area contributed by atoms with Gasteiger partial charge in [-0.2, -0.15) is 5.10 Å². The fraction of sp³-hybridized carbons (Fsp3) is 0.286. The van der Waals surface area contributed by atoms with E-state index in [1.54, 1.807) is 16.8 Å². The quantitative estimate of drug-likeness (QED) is 0.808. The molecule has 1 aromatic carbocycles. The van der Waals surface area contributed by atoms with Crippen molar-refractivity contribution in [1.82, 2.24) is 9.78 Å². The second-order valence-corrected chi connectivity index (χ2v) is 5.27. The lowest BCUT2D eigenvalue weighted by atomic mass is 10.0. The van der Waals surface area contributed by atoms with Crippen LogP contribution in [-0.4, -0.2) is 15.6 Å². The van der Waals surface area contributed by atoms with E-state index in [1.807, 2.05) is 27.0 Å². The number of ketones is 1. The highest BCUT2D eigenvalue weighted by atomic mass is 35.5. The summed E-state index contributed by atoms with van der Waals surface area (Å²) in [5.41, 5.74) is 3.00. The molecule has 0 amide bonds. The van der Waals surface area contributed by atoms with Crippen molar-refractivity contribution < 1.29 is 4.79 Å². The second-order valence-electron chi connectivity index (χ2n) is 4.48. The monoisotopic (exact) mass is 296 g/mol. The molecule has 2 aromatic rings. The molecule has 0 N–H and O–H groups in total. The van der Waals surface area contributed by atoms with Gasteiger partial charge in [0, 0.05) is 19.2 Å². The second kappa shape index (κ2) is 5.35. The van der Waals surface area contributed by atoms with Crippen molar-refractivity contribution in [3.63, 3.8) is 0 Å². The number of hydrogen-bond acceptors (Lipinski definition) is 2. The van der Waals surface area contributed by atoms with Crippen LogP contribution >= 0.6 is 23.2 Å². The molecule has 0 aliphatic heterocycles. The van der Waals surface area contributed by atoms with Crippen LogP contribution in [-0.2, 0) is 13.5 Å². The number of Topliss-reactive ketones (excluding diaryl/α,β-unsaturated/α-hetero) is 1. The van der Waals surface area contributed by atoms with Gasteiger partial charge in [-0.1, -0.05) is 35.3 Å². The van der Waals surface area contributed by atoms with Crippen molar-refractivity contribution in [2.75, 3.05) is 0 Å². The first-order chi connectivity index (χ1) is 8.91. The summed E-state index contributed by atoms with van der Waals surface area (Å²) in [7, 11) is 1.82. The van der Waals surface area contributed by atoms with Crippen LogP contribution in [0, 0.1) is 13.8 Å². The Kier molecular flexibility index (Phi) is 3.97. The van der Waals surface area contributed by atoms with Crippen LogP contribution in [0.2, 0.25) is 10.0 Å². The van der Waals surface area contributed by atoms with Gasteiger partial charge < -0.3 is 0 Å². The third kappa shape index (κ3) is 2.67. The Bertz CT molecular complexity index is 647. The molecule has 0 aliphatic carbocycles. The number of carbonyl (C=O) groups excluding carboxylic acids is 1. The third-order valence-electron chi connectivity index (χ3n) is 3.17. The summed E-state index contributed by atoms with van der Waals surface area (Å²) in [6.07, 6.45) is 0.229. The molecule has 0 fully saturated rings. The number of rotatable bonds is 3. The molecule has 1 heterocycles. The Morgan fingerprint density at radius 3 is 2.58 bits per heavy atom. The third-order valence-corrected chi connectivity index (χ3v) is 4.03. The molecule has 0 atom stereocenters. The summed E-state index contributed by atoms with van der Waals surface area (Å²) in [5, 5.41) is 5.16. The van der Waals surface area contributed by atoms with Crippen LogP contribution in [0.5, 0.6) is 0 Å². The van der Waals surface area contributed by atoms with E-state index in [0.29, 0.717) is 15.6 Å². The van der Waals surface area contributed by atoms with Crippen molar-refractivity contribution in [2.45, 2.75) is 20.3 Å². The van der Waals surface area contributed by atoms with E-state index in [2.05, 4.69) is 5.10 Å². The standard InChI is InChI=1S/C14H14Cl2N2O/c1-8-13(9(2)18(3)17-8)12(19)7-10-5-4-6-11(15)14(10)16/h4-6H,7H2,1-3H3. The molecule has 0 radical (unpaired) electrons. The predicted molar refractivity (Wildman–Crippen MR) is 77.2 cm³/mol. The highest BCUT2D eigenvalue weighted by Crippen LogP contribution is 2.27. The SMILES string of the molecule is Cc1nn(C)c(C)c1C(=O)Cc1cccc(Cl)c1Cl. The van der Waals surface area contributed by atoms with E-state index >= 15 is 0 Å². The minimum absolute atomic E-state index is 0.00673. The average Bonchev–Trinajstić information content (AvgIpc) is 2.59. The molecule has 0 unspecified atom stereocenters. The predicted octanol–water partition coefficient (Wildman–Crippen LogP) is 3.77. The van der Waals surface area contributed by atoms with E-state index in [1.165, 1.54) is 0 Å². The Hall–Kier alpha value is -1.32. The first kappa shape index (κ1) is 14.1. The zero-order valence-corrected chi connectivity index (χ0v) is 12.5. The highest BCUT2D eigenvalue weighted by Gasteiger charge is 2.18. The largest absolute Gasteiger partial charge is 0.294 e. The summed E-state index contributed by atoms with van der Waals surface area (Å²) in [6.45, 7) is 3.71. The van der Waals surface area contributed by atoms with Gasteiger partial charge in [0.15, 0.2) is 5.78 Å². The van der Waals surface area contributed by atoms with Crippen LogP contribution in [0.1, 0.15) is 27.3 Å². The van der Waals surface area contributed by atoms with Crippen molar-refractivity contribution >= 4 is 29.0 Å². The van der Waals surface area contributed by atoms with Crippen LogP contribution < -0.4 is 0 Å². The van der Waals surface area contributed by atoms with E-state index in [9.17, 15) is 4.79 Å². The lowest BCUT2D eigenvalue weighted by Crippen LogP contribution is -2.07. The number of hydrogen-bond donors (Lipinski definition) is 0. The van der Waals surface area contributed by atoms with Gasteiger partial charge in [0.25, 0.3) is 0 Å². The van der Waals surface area contributed by atoms with E-state index in [-0.39, 0.29) is 12.2 Å². The Morgan fingerprint density at radius 2 is 2.00 bits per heavy atom. The molecule has 5 heteroatoms. The Balaban J connectivity index is 2.34. The number of carbonyl (C=O) groups is 1. The van der Waals surface area contributed by atoms with Crippen molar-refractivity contribution in [2.24, 2.45) is 7.05 Å². The fourth-order valence-electron chi connectivity index (χ4n) is 2.12. The van der Waals surface area contributed by atoms with Crippen molar-refractivity contribution in [3.8, 4) is 0 Å². The molecule has 19 heavy (non-hydrogen) atoms. The van der Waals surface area contributed by atoms with Gasteiger partial charge in [-0.05, 0) is 25.5 Å². The van der Waals surface area contributed by atoms with Crippen LogP contribution in [0.4, 0.5) is 0 Å². The molecule has 0 saturated heterocycles. The zero-order valence-electron chi connectivity index (χ0n) is 11.0. The normalized spacial score (nSPS) is 10.8. The van der Waals surface area contributed by atoms with Gasteiger partial charge in [0.05, 0.1) is 21.3 Å². The molecule has 0 bridgehead atoms. The summed E-state index contributed by atoms with van der Waals surface area (Å²) >= 11 is 12.1. The lowest BCUT2D eigenvalue weighted by Gasteiger charge is -2.05. The van der Waals surface area contributed by atoms with Gasteiger partial charge in [-0.25, -0.2) is 0 Å². The maximum absolute atomic E-state index is 12.4. The van der Waals surface area contributed by atoms with Gasteiger partial charge in [-0.15, -0.1) is 0 Å². The van der Waals surface area contributed by atoms with E-state index < -0.39 is 0 Å². The summed E-state index contributed by atoms with van der Waals surface area (Å²) in [4.78, 5) is 12.4. The smallest absolute Gasteiger partial charge is 0.170 e. The first-order valence-corrected chi connectivity index (χ1v) is 6.63. The fourth-order valence-corrected chi connectivity index (χ4v) is 2.51. The van der Waals surface area contributed by atoms with Gasteiger partial charge in [0.1, 0.15) is 0 Å². The van der Waals surface area contributed by atoms with Crippen LogP contribution in [0.3, 0.4) is 0 Å². The van der Waals surface area contributed by atoms with Gasteiger partial charge in [0.2, 0.25) is 0 Å². The van der Waals surface area contributed by atoms with Gasteiger partial charge in [-0.3, -0.25) is 9.48 Å². The topological polar surface area (TPSA) is 34.9 Å². The zero-order chi connectivity index (χ0) is 14.2.